The molecule has 5 nitrogen and oxygen atoms in total. The first kappa shape index (κ1) is 25.9. The van der Waals surface area contributed by atoms with Crippen molar-refractivity contribution < 1.29 is 22.3 Å². The summed E-state index contributed by atoms with van der Waals surface area (Å²) in [6.07, 6.45) is -2.54. The fourth-order valence-electron chi connectivity index (χ4n) is 5.66. The van der Waals surface area contributed by atoms with Crippen molar-refractivity contribution in [2.24, 2.45) is 0 Å². The van der Waals surface area contributed by atoms with Gasteiger partial charge in [-0.3, -0.25) is 9.13 Å². The standard InChI is InChI=1S/C29H29F4N3O2/c1-19-8-5-12-23(30)26(19)34-16-7-10-21(15-17-34)36-24-13-6-14-25(38-2)27(24)35(28(36)37)18-20-9-3-4-11-22(20)29(31,32)33/h3-6,8-9,11-14,21H,7,10,15-18H2,1-2H3. The summed E-state index contributed by atoms with van der Waals surface area (Å²) >= 11 is 0. The van der Waals surface area contributed by atoms with E-state index in [4.69, 9.17) is 4.74 Å². The van der Waals surface area contributed by atoms with Crippen LogP contribution < -0.4 is 15.3 Å². The van der Waals surface area contributed by atoms with Crippen LogP contribution >= 0.6 is 0 Å². The Labute approximate surface area is 217 Å². The lowest BCUT2D eigenvalue weighted by atomic mass is 10.1. The molecule has 0 spiro atoms. The normalized spacial score (nSPS) is 16.6. The number of hydrogen-bond donors (Lipinski definition) is 0. The number of fused-ring (bicyclic) bond motifs is 1. The van der Waals surface area contributed by atoms with E-state index in [1.54, 1.807) is 28.8 Å². The second-order valence-electron chi connectivity index (χ2n) is 9.70. The molecule has 1 aliphatic heterocycles. The van der Waals surface area contributed by atoms with Gasteiger partial charge < -0.3 is 9.64 Å². The molecule has 0 amide bonds. The molecule has 0 N–H and O–H groups in total. The Morgan fingerprint density at radius 1 is 0.974 bits per heavy atom. The molecule has 0 saturated carbocycles. The number of rotatable bonds is 5. The summed E-state index contributed by atoms with van der Waals surface area (Å²) in [4.78, 5) is 15.9. The van der Waals surface area contributed by atoms with Crippen LogP contribution in [0.25, 0.3) is 11.0 Å². The van der Waals surface area contributed by atoms with Gasteiger partial charge in [0.15, 0.2) is 0 Å². The zero-order valence-corrected chi connectivity index (χ0v) is 21.3. The number of nitrogens with zero attached hydrogens (tertiary/aromatic N) is 3. The number of imidazole rings is 1. The van der Waals surface area contributed by atoms with Crippen molar-refractivity contribution in [1.82, 2.24) is 9.13 Å². The van der Waals surface area contributed by atoms with Crippen molar-refractivity contribution in [2.45, 2.75) is 44.9 Å². The zero-order valence-electron chi connectivity index (χ0n) is 21.3. The lowest BCUT2D eigenvalue weighted by Crippen LogP contribution is -2.30. The number of ether oxygens (including phenoxy) is 1. The molecule has 1 unspecified atom stereocenters. The monoisotopic (exact) mass is 527 g/mol. The average Bonchev–Trinajstić information content (AvgIpc) is 3.01. The van der Waals surface area contributed by atoms with Crippen molar-refractivity contribution in [3.8, 4) is 5.75 Å². The first-order valence-corrected chi connectivity index (χ1v) is 12.6. The minimum Gasteiger partial charge on any atom is -0.494 e. The van der Waals surface area contributed by atoms with Crippen LogP contribution in [0.3, 0.4) is 0 Å². The van der Waals surface area contributed by atoms with Crippen molar-refractivity contribution in [3.05, 3.63) is 93.7 Å². The van der Waals surface area contributed by atoms with E-state index >= 15 is 0 Å². The van der Waals surface area contributed by atoms with Crippen molar-refractivity contribution in [1.29, 1.82) is 0 Å². The highest BCUT2D eigenvalue weighted by molar-refractivity contribution is 5.83. The fourth-order valence-corrected chi connectivity index (χ4v) is 5.66. The molecule has 0 bridgehead atoms. The number of para-hydroxylation sites is 2. The quantitative estimate of drug-likeness (QED) is 0.276. The summed E-state index contributed by atoms with van der Waals surface area (Å²) in [5.41, 5.74) is 1.35. The third kappa shape index (κ3) is 4.66. The number of aromatic nitrogens is 2. The molecule has 4 aromatic rings. The van der Waals surface area contributed by atoms with Gasteiger partial charge in [-0.05, 0) is 61.6 Å². The largest absolute Gasteiger partial charge is 0.494 e. The molecule has 1 atom stereocenters. The third-order valence-electron chi connectivity index (χ3n) is 7.38. The summed E-state index contributed by atoms with van der Waals surface area (Å²) in [7, 11) is 1.48. The maximum Gasteiger partial charge on any atom is 0.416 e. The molecule has 0 aliphatic carbocycles. The maximum atomic E-state index is 14.7. The van der Waals surface area contributed by atoms with E-state index in [1.165, 1.54) is 35.9 Å². The summed E-state index contributed by atoms with van der Waals surface area (Å²) in [5.74, 6) is 0.144. The van der Waals surface area contributed by atoms with E-state index in [0.29, 0.717) is 48.4 Å². The number of alkyl halides is 3. The van der Waals surface area contributed by atoms with E-state index < -0.39 is 11.7 Å². The molecule has 1 saturated heterocycles. The van der Waals surface area contributed by atoms with Crippen LogP contribution in [-0.4, -0.2) is 29.3 Å². The Kier molecular flexibility index (Phi) is 6.94. The van der Waals surface area contributed by atoms with Crippen molar-refractivity contribution >= 4 is 16.7 Å². The minimum absolute atomic E-state index is 0.00845. The fraction of sp³-hybridized carbons (Fsp3) is 0.345. The topological polar surface area (TPSA) is 39.4 Å². The maximum absolute atomic E-state index is 14.7. The molecular formula is C29H29F4N3O2. The van der Waals surface area contributed by atoms with Gasteiger partial charge in [0.2, 0.25) is 0 Å². The smallest absolute Gasteiger partial charge is 0.416 e. The zero-order chi connectivity index (χ0) is 27.0. The van der Waals surface area contributed by atoms with E-state index in [-0.39, 0.29) is 29.7 Å². The second-order valence-corrected chi connectivity index (χ2v) is 9.70. The molecule has 1 aromatic heterocycles. The Morgan fingerprint density at radius 2 is 1.74 bits per heavy atom. The van der Waals surface area contributed by atoms with Gasteiger partial charge >= 0.3 is 11.9 Å². The summed E-state index contributed by atoms with van der Waals surface area (Å²) in [6.45, 7) is 2.83. The van der Waals surface area contributed by atoms with E-state index in [0.717, 1.165) is 18.1 Å². The predicted octanol–water partition coefficient (Wildman–Crippen LogP) is 6.56. The first-order chi connectivity index (χ1) is 18.2. The lowest BCUT2D eigenvalue weighted by molar-refractivity contribution is -0.138. The van der Waals surface area contributed by atoms with Crippen LogP contribution in [0, 0.1) is 12.7 Å². The van der Waals surface area contributed by atoms with Gasteiger partial charge in [-0.2, -0.15) is 13.2 Å². The Hall–Kier alpha value is -3.75. The predicted molar refractivity (Wildman–Crippen MR) is 140 cm³/mol. The van der Waals surface area contributed by atoms with Crippen LogP contribution in [0.15, 0.2) is 65.5 Å². The molecule has 0 radical (unpaired) electrons. The number of benzene rings is 3. The van der Waals surface area contributed by atoms with Gasteiger partial charge in [-0.25, -0.2) is 9.18 Å². The van der Waals surface area contributed by atoms with Crippen LogP contribution in [-0.2, 0) is 12.7 Å². The highest BCUT2D eigenvalue weighted by atomic mass is 19.4. The SMILES string of the molecule is COc1cccc2c1n(Cc1ccccc1C(F)(F)F)c(=O)n2C1CCCN(c2c(C)cccc2F)CC1. The van der Waals surface area contributed by atoms with Gasteiger partial charge in [-0.1, -0.05) is 36.4 Å². The molecule has 9 heteroatoms. The second kappa shape index (κ2) is 10.2. The van der Waals surface area contributed by atoms with Crippen molar-refractivity contribution in [3.63, 3.8) is 0 Å². The van der Waals surface area contributed by atoms with E-state index in [2.05, 4.69) is 0 Å². The van der Waals surface area contributed by atoms with Gasteiger partial charge in [-0.15, -0.1) is 0 Å². The van der Waals surface area contributed by atoms with Gasteiger partial charge in [0.25, 0.3) is 0 Å². The minimum atomic E-state index is -4.54. The number of anilines is 1. The summed E-state index contributed by atoms with van der Waals surface area (Å²) in [5, 5.41) is 0. The van der Waals surface area contributed by atoms with E-state index in [1.807, 2.05) is 17.9 Å². The lowest BCUT2D eigenvalue weighted by Gasteiger charge is -2.25. The Morgan fingerprint density at radius 3 is 2.47 bits per heavy atom. The van der Waals surface area contributed by atoms with Crippen LogP contribution in [0.1, 0.15) is 42.0 Å². The van der Waals surface area contributed by atoms with Crippen LogP contribution in [0.4, 0.5) is 23.2 Å². The highest BCUT2D eigenvalue weighted by Crippen LogP contribution is 2.35. The van der Waals surface area contributed by atoms with Crippen LogP contribution in [0.5, 0.6) is 5.75 Å². The molecule has 1 aliphatic rings. The Bertz CT molecular complexity index is 1500. The highest BCUT2D eigenvalue weighted by Gasteiger charge is 2.34. The number of aryl methyl sites for hydroxylation is 1. The molecule has 200 valence electrons. The molecular weight excluding hydrogens is 498 g/mol. The van der Waals surface area contributed by atoms with E-state index in [9.17, 15) is 22.4 Å². The van der Waals surface area contributed by atoms with Gasteiger partial charge in [0.05, 0.1) is 30.4 Å². The molecule has 5 rings (SSSR count). The molecule has 2 heterocycles. The van der Waals surface area contributed by atoms with Crippen molar-refractivity contribution in [2.75, 3.05) is 25.1 Å². The molecule has 3 aromatic carbocycles. The summed E-state index contributed by atoms with van der Waals surface area (Å²) in [6, 6.07) is 15.4. The molecule has 38 heavy (non-hydrogen) atoms. The third-order valence-corrected chi connectivity index (χ3v) is 7.38. The number of hydrogen-bond acceptors (Lipinski definition) is 3. The number of methoxy groups -OCH3 is 1. The van der Waals surface area contributed by atoms with Crippen LogP contribution in [0.2, 0.25) is 0 Å². The summed E-state index contributed by atoms with van der Waals surface area (Å²) < 4.78 is 64.5. The van der Waals surface area contributed by atoms with Gasteiger partial charge in [0, 0.05) is 19.1 Å². The Balaban J connectivity index is 1.57. The number of halogens is 4. The molecule has 1 fully saturated rings. The van der Waals surface area contributed by atoms with Gasteiger partial charge in [0.1, 0.15) is 17.1 Å². The average molecular weight is 528 g/mol. The first-order valence-electron chi connectivity index (χ1n) is 12.6.